The lowest BCUT2D eigenvalue weighted by Gasteiger charge is -2.45. The van der Waals surface area contributed by atoms with Gasteiger partial charge in [-0.25, -0.2) is 4.79 Å². The molecule has 0 amide bonds. The maximum atomic E-state index is 12.4. The number of carbonyl (C=O) groups is 1. The quantitative estimate of drug-likeness (QED) is 0.865. The number of benzene rings is 1. The van der Waals surface area contributed by atoms with Gasteiger partial charge in [-0.3, -0.25) is 0 Å². The number of ether oxygens (including phenoxy) is 2. The van der Waals surface area contributed by atoms with Crippen molar-refractivity contribution in [3.05, 3.63) is 29.8 Å². The van der Waals surface area contributed by atoms with Gasteiger partial charge >= 0.3 is 5.97 Å². The van der Waals surface area contributed by atoms with Crippen LogP contribution in [0.3, 0.4) is 0 Å². The van der Waals surface area contributed by atoms with Crippen LogP contribution in [0.5, 0.6) is 0 Å². The Hall–Kier alpha value is -1.55. The molecule has 0 saturated carbocycles. The molecule has 0 radical (unpaired) electrons. The number of carbonyl (C=O) groups excluding carboxylic acids is 1. The first-order valence-electron chi connectivity index (χ1n) is 7.50. The Balaban J connectivity index is 2.31. The molecule has 4 heteroatoms. The van der Waals surface area contributed by atoms with Crippen LogP contribution in [-0.2, 0) is 14.3 Å². The van der Waals surface area contributed by atoms with E-state index in [1.54, 1.807) is 0 Å². The number of esters is 1. The maximum absolute atomic E-state index is 12.4. The summed E-state index contributed by atoms with van der Waals surface area (Å²) in [5.74, 6) is -0.216. The van der Waals surface area contributed by atoms with Crippen molar-refractivity contribution in [2.24, 2.45) is 0 Å². The van der Waals surface area contributed by atoms with Crippen molar-refractivity contribution in [2.75, 3.05) is 19.0 Å². The van der Waals surface area contributed by atoms with Crippen LogP contribution in [0.2, 0.25) is 0 Å². The molecular formula is C17H25NO3. The zero-order chi connectivity index (χ0) is 15.5. The lowest BCUT2D eigenvalue weighted by Crippen LogP contribution is -2.57. The van der Waals surface area contributed by atoms with Crippen LogP contribution < -0.4 is 5.32 Å². The smallest absolute Gasteiger partial charge is 0.331 e. The average molecular weight is 291 g/mol. The van der Waals surface area contributed by atoms with Crippen molar-refractivity contribution < 1.29 is 14.3 Å². The van der Waals surface area contributed by atoms with Crippen LogP contribution in [0.1, 0.15) is 38.7 Å². The molecule has 1 aliphatic heterocycles. The van der Waals surface area contributed by atoms with E-state index in [4.69, 9.17) is 9.47 Å². The Morgan fingerprint density at radius 2 is 2.24 bits per heavy atom. The van der Waals surface area contributed by atoms with Crippen molar-refractivity contribution in [3.63, 3.8) is 0 Å². The first-order chi connectivity index (χ1) is 9.93. The lowest BCUT2D eigenvalue weighted by atomic mass is 9.79. The SMILES string of the molecule is CCC1(C)CC(Nc2cccc(C)c2)(C(=O)OC)CCO1. The summed E-state index contributed by atoms with van der Waals surface area (Å²) < 4.78 is 11.0. The highest BCUT2D eigenvalue weighted by Gasteiger charge is 2.48. The van der Waals surface area contributed by atoms with E-state index in [0.29, 0.717) is 19.4 Å². The number of rotatable bonds is 4. The standard InChI is InChI=1S/C17H25NO3/c1-5-16(3)12-17(9-10-21-16,15(19)20-4)18-14-8-6-7-13(2)11-14/h6-8,11,18H,5,9-10,12H2,1-4H3. The van der Waals surface area contributed by atoms with Crippen LogP contribution in [0.15, 0.2) is 24.3 Å². The van der Waals surface area contributed by atoms with Gasteiger partial charge in [0.1, 0.15) is 5.54 Å². The molecule has 21 heavy (non-hydrogen) atoms. The second kappa shape index (κ2) is 6.06. The van der Waals surface area contributed by atoms with Crippen molar-refractivity contribution in [1.82, 2.24) is 0 Å². The molecule has 0 aliphatic carbocycles. The molecular weight excluding hydrogens is 266 g/mol. The molecule has 1 aliphatic rings. The highest BCUT2D eigenvalue weighted by molar-refractivity contribution is 5.85. The summed E-state index contributed by atoms with van der Waals surface area (Å²) >= 11 is 0. The van der Waals surface area contributed by atoms with Gasteiger partial charge in [0.05, 0.1) is 19.3 Å². The molecule has 116 valence electrons. The largest absolute Gasteiger partial charge is 0.467 e. The van der Waals surface area contributed by atoms with Gasteiger partial charge in [0.25, 0.3) is 0 Å². The molecule has 0 aromatic heterocycles. The topological polar surface area (TPSA) is 47.6 Å². The second-order valence-electron chi connectivity index (χ2n) is 6.15. The Morgan fingerprint density at radius 1 is 1.48 bits per heavy atom. The summed E-state index contributed by atoms with van der Waals surface area (Å²) in [5, 5.41) is 3.42. The van der Waals surface area contributed by atoms with Gasteiger partial charge in [0.15, 0.2) is 0 Å². The predicted octanol–water partition coefficient (Wildman–Crippen LogP) is 3.30. The molecule has 2 unspecified atom stereocenters. The highest BCUT2D eigenvalue weighted by atomic mass is 16.5. The molecule has 0 spiro atoms. The molecule has 1 fully saturated rings. The van der Waals surface area contributed by atoms with Gasteiger partial charge in [-0.1, -0.05) is 19.1 Å². The van der Waals surface area contributed by atoms with E-state index >= 15 is 0 Å². The van der Waals surface area contributed by atoms with Gasteiger partial charge in [-0.15, -0.1) is 0 Å². The number of nitrogens with one attached hydrogen (secondary N) is 1. The maximum Gasteiger partial charge on any atom is 0.331 e. The molecule has 0 bridgehead atoms. The number of hydrogen-bond acceptors (Lipinski definition) is 4. The predicted molar refractivity (Wildman–Crippen MR) is 83.4 cm³/mol. The number of methoxy groups -OCH3 is 1. The normalized spacial score (nSPS) is 29.0. The molecule has 1 N–H and O–H groups in total. The Labute approximate surface area is 126 Å². The lowest BCUT2D eigenvalue weighted by molar-refractivity contribution is -0.158. The van der Waals surface area contributed by atoms with Gasteiger partial charge in [0, 0.05) is 18.5 Å². The van der Waals surface area contributed by atoms with E-state index in [9.17, 15) is 4.79 Å². The first-order valence-corrected chi connectivity index (χ1v) is 7.50. The third-order valence-corrected chi connectivity index (χ3v) is 4.38. The van der Waals surface area contributed by atoms with E-state index in [2.05, 4.69) is 19.2 Å². The third-order valence-electron chi connectivity index (χ3n) is 4.38. The van der Waals surface area contributed by atoms with Crippen LogP contribution >= 0.6 is 0 Å². The summed E-state index contributed by atoms with van der Waals surface area (Å²) in [6.45, 7) is 6.73. The van der Waals surface area contributed by atoms with E-state index in [0.717, 1.165) is 17.7 Å². The summed E-state index contributed by atoms with van der Waals surface area (Å²) in [4.78, 5) is 12.4. The molecule has 1 aromatic carbocycles. The van der Waals surface area contributed by atoms with E-state index in [-0.39, 0.29) is 11.6 Å². The Morgan fingerprint density at radius 3 is 2.86 bits per heavy atom. The Bertz CT molecular complexity index is 517. The molecule has 2 atom stereocenters. The van der Waals surface area contributed by atoms with Crippen LogP contribution in [0, 0.1) is 6.92 Å². The minimum atomic E-state index is -0.717. The van der Waals surface area contributed by atoms with Gasteiger partial charge in [-0.2, -0.15) is 0 Å². The van der Waals surface area contributed by atoms with Crippen molar-refractivity contribution in [3.8, 4) is 0 Å². The average Bonchev–Trinajstić information content (AvgIpc) is 2.46. The van der Waals surface area contributed by atoms with Crippen LogP contribution in [0.25, 0.3) is 0 Å². The first kappa shape index (κ1) is 15.8. The van der Waals surface area contributed by atoms with Gasteiger partial charge in [0.2, 0.25) is 0 Å². The van der Waals surface area contributed by atoms with Gasteiger partial charge < -0.3 is 14.8 Å². The monoisotopic (exact) mass is 291 g/mol. The highest BCUT2D eigenvalue weighted by Crippen LogP contribution is 2.37. The second-order valence-corrected chi connectivity index (χ2v) is 6.15. The van der Waals surface area contributed by atoms with Crippen molar-refractivity contribution in [2.45, 2.75) is 51.2 Å². The summed E-state index contributed by atoms with van der Waals surface area (Å²) in [5.41, 5.74) is 1.08. The van der Waals surface area contributed by atoms with Crippen molar-refractivity contribution in [1.29, 1.82) is 0 Å². The van der Waals surface area contributed by atoms with Crippen LogP contribution in [-0.4, -0.2) is 30.8 Å². The molecule has 4 nitrogen and oxygen atoms in total. The third kappa shape index (κ3) is 3.38. The Kier molecular flexibility index (Phi) is 4.57. The molecule has 1 aromatic rings. The molecule has 1 saturated heterocycles. The van der Waals surface area contributed by atoms with Crippen LogP contribution in [0.4, 0.5) is 5.69 Å². The van der Waals surface area contributed by atoms with E-state index in [1.807, 2.05) is 31.2 Å². The summed E-state index contributed by atoms with van der Waals surface area (Å²) in [6.07, 6.45) is 2.08. The zero-order valence-corrected chi connectivity index (χ0v) is 13.4. The van der Waals surface area contributed by atoms with Gasteiger partial charge in [-0.05, 0) is 38.0 Å². The molecule has 2 rings (SSSR count). The number of aryl methyl sites for hydroxylation is 1. The summed E-state index contributed by atoms with van der Waals surface area (Å²) in [6, 6.07) is 8.05. The van der Waals surface area contributed by atoms with E-state index < -0.39 is 5.54 Å². The fraction of sp³-hybridized carbons (Fsp3) is 0.588. The van der Waals surface area contributed by atoms with Crippen molar-refractivity contribution >= 4 is 11.7 Å². The van der Waals surface area contributed by atoms with E-state index in [1.165, 1.54) is 7.11 Å². The molecule has 1 heterocycles. The number of hydrogen-bond donors (Lipinski definition) is 1. The zero-order valence-electron chi connectivity index (χ0n) is 13.4. The number of anilines is 1. The summed E-state index contributed by atoms with van der Waals surface area (Å²) in [7, 11) is 1.45. The fourth-order valence-electron chi connectivity index (χ4n) is 3.00. The fourth-order valence-corrected chi connectivity index (χ4v) is 3.00. The minimum Gasteiger partial charge on any atom is -0.467 e. The minimum absolute atomic E-state index is 0.216.